The van der Waals surface area contributed by atoms with E-state index in [0.717, 1.165) is 24.0 Å². The first-order valence-corrected chi connectivity index (χ1v) is 15.4. The van der Waals surface area contributed by atoms with Gasteiger partial charge in [-0.15, -0.1) is 0 Å². The van der Waals surface area contributed by atoms with Crippen LogP contribution in [0.3, 0.4) is 0 Å². The lowest BCUT2D eigenvalue weighted by atomic mass is 9.77. The van der Waals surface area contributed by atoms with E-state index in [9.17, 15) is 19.2 Å². The van der Waals surface area contributed by atoms with Crippen LogP contribution >= 0.6 is 0 Å². The third kappa shape index (κ3) is 8.18. The van der Waals surface area contributed by atoms with Crippen molar-refractivity contribution in [1.82, 2.24) is 20.0 Å². The molecule has 4 atom stereocenters. The summed E-state index contributed by atoms with van der Waals surface area (Å²) < 4.78 is 5.85. The van der Waals surface area contributed by atoms with Gasteiger partial charge in [0.25, 0.3) is 0 Å². The summed E-state index contributed by atoms with van der Waals surface area (Å²) in [6.07, 6.45) is 3.10. The van der Waals surface area contributed by atoms with Gasteiger partial charge in [-0.2, -0.15) is 0 Å². The van der Waals surface area contributed by atoms with Crippen LogP contribution in [0.15, 0.2) is 60.7 Å². The van der Waals surface area contributed by atoms with Crippen LogP contribution in [0.25, 0.3) is 0 Å². The maximum Gasteiger partial charge on any atom is 0.246 e. The second kappa shape index (κ2) is 15.0. The van der Waals surface area contributed by atoms with Gasteiger partial charge in [-0.25, -0.2) is 0 Å². The number of nitrogens with two attached hydrogens (primary N) is 2. The number of ether oxygens (including phenoxy) is 1. The number of likely N-dealkylation sites (tertiary alicyclic amines) is 1. The Bertz CT molecular complexity index is 1360. The molecule has 0 saturated carbocycles. The van der Waals surface area contributed by atoms with E-state index in [1.54, 1.807) is 16.7 Å². The number of hydrogen-bond donors (Lipinski definition) is 4. The molecule has 12 heteroatoms. The van der Waals surface area contributed by atoms with Gasteiger partial charge in [-0.05, 0) is 43.7 Å². The zero-order valence-electron chi connectivity index (χ0n) is 26.1. The van der Waals surface area contributed by atoms with Gasteiger partial charge in [0.1, 0.15) is 18.6 Å². The number of nitrogens with one attached hydrogen (secondary N) is 2. The van der Waals surface area contributed by atoms with Crippen molar-refractivity contribution in [2.24, 2.45) is 17.4 Å². The summed E-state index contributed by atoms with van der Waals surface area (Å²) in [6.45, 7) is 2.53. The Kier molecular flexibility index (Phi) is 11.2. The maximum atomic E-state index is 13.8. The third-order valence-electron chi connectivity index (χ3n) is 9.12. The summed E-state index contributed by atoms with van der Waals surface area (Å²) in [5.41, 5.74) is 12.3. The number of carbonyl (C=O) groups is 4. The van der Waals surface area contributed by atoms with Gasteiger partial charge in [0.05, 0.1) is 12.1 Å². The molecule has 242 valence electrons. The normalized spacial score (nSPS) is 20.8. The smallest absolute Gasteiger partial charge is 0.246 e. The van der Waals surface area contributed by atoms with Crippen LogP contribution in [0.5, 0.6) is 0 Å². The molecule has 0 aromatic heterocycles. The van der Waals surface area contributed by atoms with Crippen LogP contribution in [0.1, 0.15) is 37.3 Å². The first-order chi connectivity index (χ1) is 21.5. The lowest BCUT2D eigenvalue weighted by Gasteiger charge is -2.46. The molecule has 4 rings (SSSR count). The Morgan fingerprint density at radius 2 is 1.71 bits per heavy atom. The molecule has 4 unspecified atom stereocenters. The van der Waals surface area contributed by atoms with Crippen LogP contribution in [0.2, 0.25) is 0 Å². The molecule has 2 aliphatic heterocycles. The van der Waals surface area contributed by atoms with E-state index in [1.165, 1.54) is 12.0 Å². The summed E-state index contributed by atoms with van der Waals surface area (Å²) in [7, 11) is 1.45. The minimum absolute atomic E-state index is 0.0790. The fourth-order valence-corrected chi connectivity index (χ4v) is 6.43. The van der Waals surface area contributed by atoms with Crippen LogP contribution in [0, 0.1) is 11.3 Å². The summed E-state index contributed by atoms with van der Waals surface area (Å²) in [4.78, 5) is 58.2. The predicted octanol–water partition coefficient (Wildman–Crippen LogP) is 0.882. The molecule has 45 heavy (non-hydrogen) atoms. The third-order valence-corrected chi connectivity index (χ3v) is 9.12. The lowest BCUT2D eigenvalue weighted by molar-refractivity contribution is -0.158. The molecule has 2 heterocycles. The molecular formula is C33H45N7O5. The highest BCUT2D eigenvalue weighted by molar-refractivity contribution is 5.98. The lowest BCUT2D eigenvalue weighted by Crippen LogP contribution is -2.66. The Hall–Kier alpha value is -4.45. The van der Waals surface area contributed by atoms with Crippen molar-refractivity contribution in [2.45, 2.75) is 56.7 Å². The molecule has 12 nitrogen and oxygen atoms in total. The molecule has 2 saturated heterocycles. The van der Waals surface area contributed by atoms with Gasteiger partial charge >= 0.3 is 0 Å². The standard InChI is InChI=1S/C33H45N7O5/c1-33(45-2,25-16-10-18-39(20-25)32(35)36)29(30(34)43)37-27(41)21-40-26(19-24-13-7-4-8-14-24)31(44)38(22-28(40)42)17-9-15-23-11-5-3-6-12-23/h3-8,11-14,25-26,29H,9-10,15-22H2,1-2H3,(H2,34,43)(H3,35,36)(H,37,41). The predicted molar refractivity (Wildman–Crippen MR) is 170 cm³/mol. The number of benzene rings is 2. The quantitative estimate of drug-likeness (QED) is 0.190. The molecule has 2 aliphatic rings. The minimum atomic E-state index is -1.23. The Morgan fingerprint density at radius 1 is 1.07 bits per heavy atom. The van der Waals surface area contributed by atoms with Crippen molar-refractivity contribution >= 4 is 29.6 Å². The van der Waals surface area contributed by atoms with Crippen molar-refractivity contribution in [2.75, 3.05) is 39.8 Å². The second-order valence-corrected chi connectivity index (χ2v) is 12.0. The number of aryl methyl sites for hydroxylation is 1. The number of carbonyl (C=O) groups excluding carboxylic acids is 4. The van der Waals surface area contributed by atoms with Crippen molar-refractivity contribution in [3.63, 3.8) is 0 Å². The van der Waals surface area contributed by atoms with Crippen molar-refractivity contribution in [3.05, 3.63) is 71.8 Å². The van der Waals surface area contributed by atoms with Crippen LogP contribution in [-0.4, -0.2) is 102 Å². The fourth-order valence-electron chi connectivity index (χ4n) is 6.43. The van der Waals surface area contributed by atoms with Gasteiger partial charge in [-0.1, -0.05) is 60.7 Å². The summed E-state index contributed by atoms with van der Waals surface area (Å²) in [5, 5.41) is 10.6. The molecule has 2 fully saturated rings. The van der Waals surface area contributed by atoms with Gasteiger partial charge in [-0.3, -0.25) is 24.6 Å². The minimum Gasteiger partial charge on any atom is -0.375 e. The van der Waals surface area contributed by atoms with E-state index in [1.807, 2.05) is 60.7 Å². The number of guanidine groups is 1. The van der Waals surface area contributed by atoms with Gasteiger partial charge in [0, 0.05) is 39.1 Å². The van der Waals surface area contributed by atoms with E-state index < -0.39 is 36.0 Å². The zero-order chi connectivity index (χ0) is 32.6. The number of nitrogens with zero attached hydrogens (tertiary/aromatic N) is 3. The van der Waals surface area contributed by atoms with Crippen LogP contribution < -0.4 is 16.8 Å². The molecule has 2 aromatic rings. The largest absolute Gasteiger partial charge is 0.375 e. The molecule has 0 bridgehead atoms. The number of amides is 4. The fraction of sp³-hybridized carbons (Fsp3) is 0.485. The Labute approximate surface area is 264 Å². The molecule has 6 N–H and O–H groups in total. The van der Waals surface area contributed by atoms with Crippen molar-refractivity contribution in [1.29, 1.82) is 5.41 Å². The monoisotopic (exact) mass is 619 g/mol. The SMILES string of the molecule is COC(C)(C1CCCN(C(=N)N)C1)C(NC(=O)CN1C(=O)CN(CCCc2ccccc2)C(=O)C1Cc1ccccc1)C(N)=O. The molecule has 0 radical (unpaired) electrons. The maximum absolute atomic E-state index is 13.8. The summed E-state index contributed by atoms with van der Waals surface area (Å²) >= 11 is 0. The molecule has 0 aliphatic carbocycles. The summed E-state index contributed by atoms with van der Waals surface area (Å²) in [6, 6.07) is 17.2. The number of piperidine rings is 1. The Balaban J connectivity index is 1.49. The number of primary amides is 1. The Morgan fingerprint density at radius 3 is 2.31 bits per heavy atom. The number of piperazine rings is 1. The molecule has 2 aromatic carbocycles. The highest BCUT2D eigenvalue weighted by atomic mass is 16.5. The molecule has 0 spiro atoms. The zero-order valence-corrected chi connectivity index (χ0v) is 26.1. The van der Waals surface area contributed by atoms with Gasteiger partial charge < -0.3 is 36.2 Å². The topological polar surface area (TPSA) is 175 Å². The first-order valence-electron chi connectivity index (χ1n) is 15.4. The van der Waals surface area contributed by atoms with E-state index in [4.69, 9.17) is 21.6 Å². The number of rotatable bonds is 13. The second-order valence-electron chi connectivity index (χ2n) is 12.0. The van der Waals surface area contributed by atoms with Crippen LogP contribution in [0.4, 0.5) is 0 Å². The van der Waals surface area contributed by atoms with Gasteiger partial charge in [0.15, 0.2) is 5.96 Å². The average molecular weight is 620 g/mol. The van der Waals surface area contributed by atoms with Gasteiger partial charge in [0.2, 0.25) is 23.6 Å². The molecular weight excluding hydrogens is 574 g/mol. The first kappa shape index (κ1) is 33.4. The van der Waals surface area contributed by atoms with E-state index in [-0.39, 0.29) is 36.7 Å². The van der Waals surface area contributed by atoms with E-state index in [2.05, 4.69) is 5.32 Å². The van der Waals surface area contributed by atoms with Crippen molar-refractivity contribution < 1.29 is 23.9 Å². The number of hydrogen-bond acceptors (Lipinski definition) is 6. The van der Waals surface area contributed by atoms with E-state index >= 15 is 0 Å². The van der Waals surface area contributed by atoms with Crippen LogP contribution in [-0.2, 0) is 36.8 Å². The van der Waals surface area contributed by atoms with Crippen molar-refractivity contribution in [3.8, 4) is 0 Å². The highest BCUT2D eigenvalue weighted by Gasteiger charge is 2.48. The summed E-state index contributed by atoms with van der Waals surface area (Å²) in [5.74, 6) is -2.34. The number of methoxy groups -OCH3 is 1. The molecule has 4 amide bonds. The highest BCUT2D eigenvalue weighted by Crippen LogP contribution is 2.33. The van der Waals surface area contributed by atoms with E-state index in [0.29, 0.717) is 32.5 Å². The average Bonchev–Trinajstić information content (AvgIpc) is 3.04.